The van der Waals surface area contributed by atoms with Gasteiger partial charge in [0.25, 0.3) is 0 Å². The lowest BCUT2D eigenvalue weighted by atomic mass is 9.99. The van der Waals surface area contributed by atoms with Gasteiger partial charge in [-0.1, -0.05) is 54.6 Å². The van der Waals surface area contributed by atoms with E-state index >= 15 is 0 Å². The third-order valence-corrected chi connectivity index (χ3v) is 9.23. The van der Waals surface area contributed by atoms with Gasteiger partial charge in [-0.25, -0.2) is 4.98 Å². The monoisotopic (exact) mass is 713 g/mol. The van der Waals surface area contributed by atoms with Gasteiger partial charge in [0.05, 0.1) is 28.9 Å². The van der Waals surface area contributed by atoms with Gasteiger partial charge < -0.3 is 9.55 Å². The van der Waals surface area contributed by atoms with Crippen LogP contribution in [0.1, 0.15) is 65.5 Å². The number of hydrogen-bond acceptors (Lipinski definition) is 5. The number of benzene rings is 4. The van der Waals surface area contributed by atoms with Crippen molar-refractivity contribution < 1.29 is 22.8 Å². The van der Waals surface area contributed by atoms with Gasteiger partial charge in [-0.3, -0.25) is 19.2 Å². The molecule has 266 valence electrons. The zero-order valence-electron chi connectivity index (χ0n) is 29.3. The standard InChI is InChI=1S/C25H19F3N2O2.C18H15NO2/c1-15-10-11-17(12-16(15)2)23(31)20-14-30(21-8-4-3-7-19(21)24(20)32)13-18-6-5-9-22(29-18)25(26,27)28;1-11-7-8-13(9-12(11)2)17(20)15-10-19-16-6-4-3-5-14(16)18(15)21/h3-12,14H,13H2,1-2H3;3-10H,1-2H3,(H,19,21). The van der Waals surface area contributed by atoms with Crippen LogP contribution in [0.15, 0.2) is 125 Å². The molecule has 7 nitrogen and oxygen atoms in total. The molecule has 0 bridgehead atoms. The van der Waals surface area contributed by atoms with E-state index in [1.165, 1.54) is 24.5 Å². The van der Waals surface area contributed by atoms with E-state index in [9.17, 15) is 32.3 Å². The third kappa shape index (κ3) is 7.62. The van der Waals surface area contributed by atoms with Crippen LogP contribution in [0.5, 0.6) is 0 Å². The topological polar surface area (TPSA) is 102 Å². The molecule has 1 N–H and O–H groups in total. The summed E-state index contributed by atoms with van der Waals surface area (Å²) in [4.78, 5) is 58.0. The largest absolute Gasteiger partial charge is 0.433 e. The summed E-state index contributed by atoms with van der Waals surface area (Å²) in [7, 11) is 0. The lowest BCUT2D eigenvalue weighted by Crippen LogP contribution is -2.20. The molecule has 7 rings (SSSR count). The molecule has 0 saturated carbocycles. The molecule has 53 heavy (non-hydrogen) atoms. The van der Waals surface area contributed by atoms with Gasteiger partial charge in [0.15, 0.2) is 11.6 Å². The Balaban J connectivity index is 0.000000198. The molecule has 0 aliphatic heterocycles. The number of nitrogens with one attached hydrogen (secondary N) is 1. The minimum atomic E-state index is -4.56. The number of ketones is 2. The van der Waals surface area contributed by atoms with E-state index in [1.807, 2.05) is 58.0 Å². The van der Waals surface area contributed by atoms with Crippen LogP contribution in [0.3, 0.4) is 0 Å². The second-order valence-electron chi connectivity index (χ2n) is 12.9. The van der Waals surface area contributed by atoms with Gasteiger partial charge >= 0.3 is 6.18 Å². The van der Waals surface area contributed by atoms with E-state index < -0.39 is 23.1 Å². The van der Waals surface area contributed by atoms with Crippen LogP contribution < -0.4 is 10.9 Å². The molecule has 0 aliphatic carbocycles. The zero-order chi connectivity index (χ0) is 38.0. The number of carbonyl (C=O) groups excluding carboxylic acids is 2. The van der Waals surface area contributed by atoms with E-state index in [0.717, 1.165) is 33.8 Å². The fourth-order valence-corrected chi connectivity index (χ4v) is 5.95. The lowest BCUT2D eigenvalue weighted by Gasteiger charge is -2.14. The second kappa shape index (κ2) is 14.7. The number of aromatic nitrogens is 3. The summed E-state index contributed by atoms with van der Waals surface area (Å²) in [6.07, 6.45) is -1.65. The van der Waals surface area contributed by atoms with Crippen molar-refractivity contribution in [2.75, 3.05) is 0 Å². The number of nitrogens with zero attached hydrogens (tertiary/aromatic N) is 2. The van der Waals surface area contributed by atoms with Gasteiger partial charge in [-0.05, 0) is 98.5 Å². The smallest absolute Gasteiger partial charge is 0.360 e. The first-order valence-corrected chi connectivity index (χ1v) is 16.7. The van der Waals surface area contributed by atoms with Crippen LogP contribution in [0.25, 0.3) is 21.8 Å². The highest BCUT2D eigenvalue weighted by molar-refractivity contribution is 6.11. The van der Waals surface area contributed by atoms with Crippen LogP contribution in [0, 0.1) is 27.7 Å². The molecule has 10 heteroatoms. The molecule has 7 aromatic rings. The van der Waals surface area contributed by atoms with E-state index in [1.54, 1.807) is 59.2 Å². The number of para-hydroxylation sites is 2. The molecule has 0 atom stereocenters. The Morgan fingerprint density at radius 1 is 0.660 bits per heavy atom. The number of carbonyl (C=O) groups is 2. The predicted octanol–water partition coefficient (Wildman–Crippen LogP) is 8.69. The lowest BCUT2D eigenvalue weighted by molar-refractivity contribution is -0.141. The Morgan fingerprint density at radius 2 is 1.23 bits per heavy atom. The minimum Gasteiger partial charge on any atom is -0.360 e. The normalized spacial score (nSPS) is 11.3. The average Bonchev–Trinajstić information content (AvgIpc) is 3.15. The van der Waals surface area contributed by atoms with Crippen LogP contribution in [-0.2, 0) is 12.7 Å². The summed E-state index contributed by atoms with van der Waals surface area (Å²) in [6, 6.07) is 28.3. The number of pyridine rings is 3. The van der Waals surface area contributed by atoms with Crippen molar-refractivity contribution >= 4 is 33.4 Å². The summed E-state index contributed by atoms with van der Waals surface area (Å²) >= 11 is 0. The molecule has 3 heterocycles. The fourth-order valence-electron chi connectivity index (χ4n) is 5.95. The van der Waals surface area contributed by atoms with Crippen molar-refractivity contribution in [2.24, 2.45) is 0 Å². The SMILES string of the molecule is Cc1ccc(C(=O)c2c[nH]c3ccccc3c2=O)cc1C.Cc1ccc(C(=O)c2cn(Cc3cccc(C(F)(F)F)n3)c3ccccc3c2=O)cc1C. The van der Waals surface area contributed by atoms with Crippen molar-refractivity contribution in [1.29, 1.82) is 0 Å². The summed E-state index contributed by atoms with van der Waals surface area (Å²) < 4.78 is 40.8. The molecular formula is C43H34F3N3O4. The first-order valence-electron chi connectivity index (χ1n) is 16.7. The quantitative estimate of drug-likeness (QED) is 0.174. The average molecular weight is 714 g/mol. The number of aryl methyl sites for hydroxylation is 4. The number of alkyl halides is 3. The highest BCUT2D eigenvalue weighted by Gasteiger charge is 2.32. The van der Waals surface area contributed by atoms with E-state index in [2.05, 4.69) is 9.97 Å². The molecule has 4 aromatic carbocycles. The van der Waals surface area contributed by atoms with Gasteiger partial charge in [0.1, 0.15) is 5.69 Å². The number of halogens is 3. The van der Waals surface area contributed by atoms with E-state index in [4.69, 9.17) is 0 Å². The van der Waals surface area contributed by atoms with Crippen molar-refractivity contribution in [3.8, 4) is 0 Å². The van der Waals surface area contributed by atoms with E-state index in [0.29, 0.717) is 27.4 Å². The third-order valence-electron chi connectivity index (χ3n) is 9.23. The van der Waals surface area contributed by atoms with Crippen LogP contribution >= 0.6 is 0 Å². The molecule has 3 aromatic heterocycles. The second-order valence-corrected chi connectivity index (χ2v) is 12.9. The zero-order valence-corrected chi connectivity index (χ0v) is 29.3. The van der Waals surface area contributed by atoms with Crippen LogP contribution in [0.2, 0.25) is 0 Å². The maximum absolute atomic E-state index is 13.2. The van der Waals surface area contributed by atoms with Crippen molar-refractivity contribution in [2.45, 2.75) is 40.4 Å². The molecule has 0 radical (unpaired) electrons. The first kappa shape index (κ1) is 36.4. The number of rotatable bonds is 6. The number of aromatic amines is 1. The van der Waals surface area contributed by atoms with Crippen molar-refractivity contribution in [1.82, 2.24) is 14.5 Å². The summed E-state index contributed by atoms with van der Waals surface area (Å²) in [5, 5.41) is 0.848. The molecule has 0 amide bonds. The fraction of sp³-hybridized carbons (Fsp3) is 0.140. The van der Waals surface area contributed by atoms with Gasteiger partial charge in [0, 0.05) is 39.8 Å². The predicted molar refractivity (Wildman–Crippen MR) is 200 cm³/mol. The van der Waals surface area contributed by atoms with Gasteiger partial charge in [0.2, 0.25) is 10.9 Å². The maximum atomic E-state index is 13.2. The highest BCUT2D eigenvalue weighted by atomic mass is 19.4. The van der Waals surface area contributed by atoms with Gasteiger partial charge in [-0.2, -0.15) is 13.2 Å². The number of fused-ring (bicyclic) bond motifs is 2. The van der Waals surface area contributed by atoms with Crippen molar-refractivity contribution in [3.05, 3.63) is 192 Å². The Morgan fingerprint density at radius 3 is 1.85 bits per heavy atom. The van der Waals surface area contributed by atoms with Gasteiger partial charge in [-0.15, -0.1) is 0 Å². The first-order chi connectivity index (χ1) is 25.2. The Kier molecular flexibility index (Phi) is 10.1. The summed E-state index contributed by atoms with van der Waals surface area (Å²) in [6.45, 7) is 7.72. The molecule has 0 unspecified atom stereocenters. The van der Waals surface area contributed by atoms with Crippen LogP contribution in [0.4, 0.5) is 13.2 Å². The Bertz CT molecular complexity index is 2670. The maximum Gasteiger partial charge on any atom is 0.433 e. The van der Waals surface area contributed by atoms with Crippen molar-refractivity contribution in [3.63, 3.8) is 0 Å². The molecular weight excluding hydrogens is 679 g/mol. The van der Waals surface area contributed by atoms with E-state index in [-0.39, 0.29) is 34.6 Å². The molecule has 0 aliphatic rings. The number of H-pyrrole nitrogens is 1. The summed E-state index contributed by atoms with van der Waals surface area (Å²) in [5.74, 6) is -0.681. The minimum absolute atomic E-state index is 0.0298. The Labute approximate surface area is 302 Å². The molecule has 0 saturated heterocycles. The highest BCUT2D eigenvalue weighted by Crippen LogP contribution is 2.28. The van der Waals surface area contributed by atoms with Crippen LogP contribution in [-0.4, -0.2) is 26.1 Å². The number of hydrogen-bond donors (Lipinski definition) is 1. The Hall–Kier alpha value is -6.42. The summed E-state index contributed by atoms with van der Waals surface area (Å²) in [5.41, 5.74) is 4.93. The molecule has 0 spiro atoms. The molecule has 0 fully saturated rings.